The van der Waals surface area contributed by atoms with Crippen LogP contribution in [0.4, 0.5) is 0 Å². The van der Waals surface area contributed by atoms with Gasteiger partial charge in [0.2, 0.25) is 10.0 Å². The summed E-state index contributed by atoms with van der Waals surface area (Å²) in [5.41, 5.74) is 0.570. The Morgan fingerprint density at radius 3 is 2.94 bits per heavy atom. The maximum Gasteiger partial charge on any atom is 0.243 e. The molecule has 0 aliphatic heterocycles. The zero-order valence-electron chi connectivity index (χ0n) is 9.81. The molecule has 0 radical (unpaired) electrons. The van der Waals surface area contributed by atoms with Crippen molar-refractivity contribution in [3.8, 4) is 0 Å². The van der Waals surface area contributed by atoms with Crippen LogP contribution in [0.25, 0.3) is 0 Å². The molecule has 1 heterocycles. The number of nitrogens with zero attached hydrogens (tertiary/aromatic N) is 1. The lowest BCUT2D eigenvalue weighted by Crippen LogP contribution is -2.30. The normalized spacial score (nSPS) is 20.6. The van der Waals surface area contributed by atoms with Crippen LogP contribution in [0.2, 0.25) is 0 Å². The molecule has 94 valence electrons. The summed E-state index contributed by atoms with van der Waals surface area (Å²) in [5, 5.41) is 6.36. The highest BCUT2D eigenvalue weighted by atomic mass is 32.2. The van der Waals surface area contributed by atoms with Crippen molar-refractivity contribution in [2.45, 2.75) is 31.1 Å². The summed E-state index contributed by atoms with van der Waals surface area (Å²) in [6.07, 6.45) is 8.64. The van der Waals surface area contributed by atoms with E-state index in [4.69, 9.17) is 0 Å². The van der Waals surface area contributed by atoms with Gasteiger partial charge in [0, 0.05) is 6.54 Å². The molecule has 0 bridgehead atoms. The number of nitrogens with one attached hydrogen (secondary N) is 2. The van der Waals surface area contributed by atoms with Gasteiger partial charge >= 0.3 is 0 Å². The fourth-order valence-electron chi connectivity index (χ4n) is 1.96. The standard InChI is InChI=1S/C11H17N3O2S/c1-9-11(8-12-14-9)17(15,16)13-7-10-5-3-2-4-6-10/h2-3,8,10,13H,4-7H2,1H3,(H,12,14). The van der Waals surface area contributed by atoms with Gasteiger partial charge in [-0.1, -0.05) is 12.2 Å². The van der Waals surface area contributed by atoms with E-state index < -0.39 is 10.0 Å². The first-order valence-corrected chi connectivity index (χ1v) is 7.22. The minimum absolute atomic E-state index is 0.240. The van der Waals surface area contributed by atoms with E-state index in [1.807, 2.05) is 0 Å². The lowest BCUT2D eigenvalue weighted by atomic mass is 9.95. The van der Waals surface area contributed by atoms with E-state index >= 15 is 0 Å². The summed E-state index contributed by atoms with van der Waals surface area (Å²) >= 11 is 0. The second-order valence-electron chi connectivity index (χ2n) is 4.36. The van der Waals surface area contributed by atoms with Crippen LogP contribution in [0.15, 0.2) is 23.2 Å². The van der Waals surface area contributed by atoms with E-state index in [1.54, 1.807) is 6.92 Å². The van der Waals surface area contributed by atoms with Crippen LogP contribution in [-0.2, 0) is 10.0 Å². The number of hydrogen-bond donors (Lipinski definition) is 2. The highest BCUT2D eigenvalue weighted by Crippen LogP contribution is 2.18. The number of aromatic nitrogens is 2. The summed E-state index contributed by atoms with van der Waals surface area (Å²) in [6.45, 7) is 2.20. The van der Waals surface area contributed by atoms with Crippen molar-refractivity contribution in [3.05, 3.63) is 24.0 Å². The average Bonchev–Trinajstić information content (AvgIpc) is 2.75. The highest BCUT2D eigenvalue weighted by molar-refractivity contribution is 7.89. The van der Waals surface area contributed by atoms with Crippen LogP contribution in [0.1, 0.15) is 25.0 Å². The fourth-order valence-corrected chi connectivity index (χ4v) is 3.21. The van der Waals surface area contributed by atoms with Crippen molar-refractivity contribution >= 4 is 10.0 Å². The molecular weight excluding hydrogens is 238 g/mol. The van der Waals surface area contributed by atoms with E-state index in [1.165, 1.54) is 6.20 Å². The number of H-pyrrole nitrogens is 1. The van der Waals surface area contributed by atoms with E-state index in [2.05, 4.69) is 27.1 Å². The number of rotatable bonds is 4. The summed E-state index contributed by atoms with van der Waals surface area (Å²) in [4.78, 5) is 0.240. The summed E-state index contributed by atoms with van der Waals surface area (Å²) < 4.78 is 26.6. The number of allylic oxidation sites excluding steroid dienone is 2. The monoisotopic (exact) mass is 255 g/mol. The fraction of sp³-hybridized carbons (Fsp3) is 0.545. The van der Waals surface area contributed by atoms with Gasteiger partial charge in [0.1, 0.15) is 4.90 Å². The Morgan fingerprint density at radius 2 is 2.35 bits per heavy atom. The Balaban J connectivity index is 1.99. The van der Waals surface area contributed by atoms with Crippen molar-refractivity contribution in [2.75, 3.05) is 6.54 Å². The molecule has 0 saturated heterocycles. The van der Waals surface area contributed by atoms with Crippen LogP contribution < -0.4 is 4.72 Å². The van der Waals surface area contributed by atoms with Gasteiger partial charge in [-0.3, -0.25) is 5.10 Å². The third-order valence-corrected chi connectivity index (χ3v) is 4.55. The second-order valence-corrected chi connectivity index (χ2v) is 6.10. The molecule has 1 atom stereocenters. The van der Waals surface area contributed by atoms with E-state index in [0.29, 0.717) is 18.2 Å². The van der Waals surface area contributed by atoms with Crippen molar-refractivity contribution in [2.24, 2.45) is 5.92 Å². The number of aromatic amines is 1. The van der Waals surface area contributed by atoms with Crippen LogP contribution in [0, 0.1) is 12.8 Å². The highest BCUT2D eigenvalue weighted by Gasteiger charge is 2.20. The number of hydrogen-bond acceptors (Lipinski definition) is 3. The second kappa shape index (κ2) is 5.01. The van der Waals surface area contributed by atoms with E-state index in [0.717, 1.165) is 19.3 Å². The van der Waals surface area contributed by atoms with Gasteiger partial charge in [-0.2, -0.15) is 5.10 Å². The molecular formula is C11H17N3O2S. The SMILES string of the molecule is Cc1[nH]ncc1S(=O)(=O)NCC1CC=CCC1. The van der Waals surface area contributed by atoms with Crippen LogP contribution in [0.3, 0.4) is 0 Å². The van der Waals surface area contributed by atoms with Crippen molar-refractivity contribution in [1.29, 1.82) is 0 Å². The minimum Gasteiger partial charge on any atom is -0.281 e. The lowest BCUT2D eigenvalue weighted by molar-refractivity contribution is 0.468. The largest absolute Gasteiger partial charge is 0.281 e. The number of sulfonamides is 1. The summed E-state index contributed by atoms with van der Waals surface area (Å²) in [6, 6.07) is 0. The van der Waals surface area contributed by atoms with Gasteiger partial charge in [0.15, 0.2) is 0 Å². The summed E-state index contributed by atoms with van der Waals surface area (Å²) in [5.74, 6) is 0.405. The molecule has 0 spiro atoms. The van der Waals surface area contributed by atoms with Crippen LogP contribution in [-0.4, -0.2) is 25.2 Å². The van der Waals surface area contributed by atoms with Gasteiger partial charge in [0.25, 0.3) is 0 Å². The van der Waals surface area contributed by atoms with Gasteiger partial charge in [-0.25, -0.2) is 13.1 Å². The predicted octanol–water partition coefficient (Wildman–Crippen LogP) is 1.35. The molecule has 0 amide bonds. The van der Waals surface area contributed by atoms with Crippen molar-refractivity contribution in [1.82, 2.24) is 14.9 Å². The minimum atomic E-state index is -3.41. The zero-order chi connectivity index (χ0) is 12.3. The maximum absolute atomic E-state index is 12.0. The molecule has 0 saturated carbocycles. The quantitative estimate of drug-likeness (QED) is 0.797. The van der Waals surface area contributed by atoms with Gasteiger partial charge < -0.3 is 0 Å². The van der Waals surface area contributed by atoms with E-state index in [-0.39, 0.29) is 4.90 Å². The molecule has 0 fully saturated rings. The molecule has 1 aromatic heterocycles. The number of aryl methyl sites for hydroxylation is 1. The maximum atomic E-state index is 12.0. The Kier molecular flexibility index (Phi) is 3.63. The molecule has 1 aliphatic rings. The third kappa shape index (κ3) is 2.95. The molecule has 5 nitrogen and oxygen atoms in total. The third-order valence-electron chi connectivity index (χ3n) is 3.01. The van der Waals surface area contributed by atoms with Crippen molar-refractivity contribution in [3.63, 3.8) is 0 Å². The van der Waals surface area contributed by atoms with Crippen LogP contribution >= 0.6 is 0 Å². The predicted molar refractivity (Wildman–Crippen MR) is 65.0 cm³/mol. The molecule has 1 unspecified atom stereocenters. The Labute approximate surface area is 101 Å². The Hall–Kier alpha value is -1.14. The Bertz CT molecular complexity index is 505. The molecule has 17 heavy (non-hydrogen) atoms. The topological polar surface area (TPSA) is 74.8 Å². The molecule has 2 N–H and O–H groups in total. The first kappa shape index (κ1) is 12.3. The molecule has 2 rings (SSSR count). The Morgan fingerprint density at radius 1 is 1.53 bits per heavy atom. The molecule has 1 aromatic rings. The first-order chi connectivity index (χ1) is 8.09. The molecule has 1 aliphatic carbocycles. The smallest absolute Gasteiger partial charge is 0.243 e. The zero-order valence-corrected chi connectivity index (χ0v) is 10.6. The lowest BCUT2D eigenvalue weighted by Gasteiger charge is -2.17. The van der Waals surface area contributed by atoms with Crippen molar-refractivity contribution < 1.29 is 8.42 Å². The molecule has 6 heteroatoms. The van der Waals surface area contributed by atoms with Gasteiger partial charge in [-0.15, -0.1) is 0 Å². The molecule has 0 aromatic carbocycles. The average molecular weight is 255 g/mol. The summed E-state index contributed by atoms with van der Waals surface area (Å²) in [7, 11) is -3.41. The first-order valence-electron chi connectivity index (χ1n) is 5.74. The van der Waals surface area contributed by atoms with Crippen LogP contribution in [0.5, 0.6) is 0 Å². The van der Waals surface area contributed by atoms with Gasteiger partial charge in [0.05, 0.1) is 11.9 Å². The van der Waals surface area contributed by atoms with Gasteiger partial charge in [-0.05, 0) is 32.1 Å². The van der Waals surface area contributed by atoms with E-state index in [9.17, 15) is 8.42 Å².